The van der Waals surface area contributed by atoms with Gasteiger partial charge in [-0.05, 0) is 124 Å². The summed E-state index contributed by atoms with van der Waals surface area (Å²) in [5, 5.41) is 0. The van der Waals surface area contributed by atoms with Crippen molar-refractivity contribution in [2.75, 3.05) is 4.90 Å². The second-order valence-electron chi connectivity index (χ2n) is 14.8. The van der Waals surface area contributed by atoms with E-state index in [-0.39, 0.29) is 16.4 Å². The lowest BCUT2D eigenvalue weighted by Crippen LogP contribution is -2.54. The van der Waals surface area contributed by atoms with Gasteiger partial charge in [0.25, 0.3) is 0 Å². The smallest absolute Gasteiger partial charge is 0.0725 e. The molecule has 2 atom stereocenters. The van der Waals surface area contributed by atoms with E-state index in [1.165, 1.54) is 104 Å². The van der Waals surface area contributed by atoms with E-state index in [0.29, 0.717) is 0 Å². The van der Waals surface area contributed by atoms with Crippen LogP contribution in [0.1, 0.15) is 72.9 Å². The average molecular weight is 606 g/mol. The first kappa shape index (κ1) is 27.3. The molecule has 0 amide bonds. The van der Waals surface area contributed by atoms with Crippen LogP contribution in [0.5, 0.6) is 0 Å². The quantitative estimate of drug-likeness (QED) is 0.189. The summed E-state index contributed by atoms with van der Waals surface area (Å²) in [6.45, 7) is 7.42. The molecule has 47 heavy (non-hydrogen) atoms. The number of para-hydroxylation sites is 1. The Balaban J connectivity index is 1.19. The van der Waals surface area contributed by atoms with Gasteiger partial charge in [0.1, 0.15) is 0 Å². The van der Waals surface area contributed by atoms with E-state index >= 15 is 0 Å². The van der Waals surface area contributed by atoms with Crippen LogP contribution < -0.4 is 4.90 Å². The first-order valence-corrected chi connectivity index (χ1v) is 17.4. The molecule has 1 aliphatic heterocycles. The van der Waals surface area contributed by atoms with E-state index < -0.39 is 0 Å². The van der Waals surface area contributed by atoms with Crippen molar-refractivity contribution in [1.82, 2.24) is 0 Å². The molecule has 1 heteroatoms. The van der Waals surface area contributed by atoms with Crippen molar-refractivity contribution >= 4 is 11.4 Å². The van der Waals surface area contributed by atoms with Gasteiger partial charge in [-0.25, -0.2) is 0 Å². The van der Waals surface area contributed by atoms with Gasteiger partial charge in [0.05, 0.1) is 11.0 Å². The lowest BCUT2D eigenvalue weighted by Gasteiger charge is -2.50. The average Bonchev–Trinajstić information content (AvgIpc) is 3.66. The third-order valence-electron chi connectivity index (χ3n) is 12.7. The first-order valence-electron chi connectivity index (χ1n) is 17.4. The highest BCUT2D eigenvalue weighted by molar-refractivity contribution is 5.96. The number of aryl methyl sites for hydroxylation is 1. The van der Waals surface area contributed by atoms with Crippen LogP contribution in [-0.4, -0.2) is 5.54 Å². The minimum Gasteiger partial charge on any atom is -0.334 e. The maximum absolute atomic E-state index is 2.71. The Hall–Kier alpha value is -4.88. The lowest BCUT2D eigenvalue weighted by atomic mass is 9.61. The summed E-state index contributed by atoms with van der Waals surface area (Å²) in [7, 11) is 0. The van der Waals surface area contributed by atoms with Crippen LogP contribution in [0.3, 0.4) is 0 Å². The number of fused-ring (bicyclic) bond motifs is 13. The molecule has 6 aromatic rings. The van der Waals surface area contributed by atoms with Crippen LogP contribution in [0.15, 0.2) is 133 Å². The Morgan fingerprint density at radius 2 is 1.04 bits per heavy atom. The molecule has 3 aliphatic carbocycles. The van der Waals surface area contributed by atoms with Crippen molar-refractivity contribution in [3.8, 4) is 33.4 Å². The molecule has 1 heterocycles. The number of nitrogens with zero attached hydrogens (tertiary/aromatic N) is 1. The summed E-state index contributed by atoms with van der Waals surface area (Å²) in [6.07, 6.45) is 5.01. The minimum absolute atomic E-state index is 0.0465. The molecule has 2 unspecified atom stereocenters. The zero-order valence-corrected chi connectivity index (χ0v) is 27.5. The summed E-state index contributed by atoms with van der Waals surface area (Å²) >= 11 is 0. The van der Waals surface area contributed by atoms with Gasteiger partial charge in [-0.15, -0.1) is 0 Å². The monoisotopic (exact) mass is 605 g/mol. The van der Waals surface area contributed by atoms with Crippen LogP contribution in [0.25, 0.3) is 33.4 Å². The molecule has 0 radical (unpaired) electrons. The molecule has 0 aromatic heterocycles. The third kappa shape index (κ3) is 3.25. The van der Waals surface area contributed by atoms with Crippen LogP contribution >= 0.6 is 0 Å². The Kier molecular flexibility index (Phi) is 5.42. The molecule has 4 aliphatic rings. The molecule has 6 aromatic carbocycles. The number of benzene rings is 6. The minimum atomic E-state index is -0.293. The van der Waals surface area contributed by atoms with E-state index in [2.05, 4.69) is 159 Å². The standard InChI is InChI=1S/C46H39N/c1-30-27-32(29-42-43(30)47(33-15-5-4-6-16-33)45(3)26-14-13-25-44(42,45)2)31-23-24-41-37(28-31)36-19-9-12-22-40(36)46(41)38-20-10-7-17-34(38)35-18-8-11-21-39(35)46/h4-12,15-24,27-29H,13-14,25-26H2,1-3H3. The van der Waals surface area contributed by atoms with E-state index in [0.717, 1.165) is 0 Å². The van der Waals surface area contributed by atoms with Crippen molar-refractivity contribution in [1.29, 1.82) is 0 Å². The Bertz CT molecular complexity index is 2210. The maximum atomic E-state index is 2.71. The van der Waals surface area contributed by atoms with Crippen LogP contribution in [0, 0.1) is 6.92 Å². The number of rotatable bonds is 2. The van der Waals surface area contributed by atoms with E-state index in [1.54, 1.807) is 0 Å². The van der Waals surface area contributed by atoms with Crippen LogP contribution in [0.4, 0.5) is 11.4 Å². The van der Waals surface area contributed by atoms with Gasteiger partial charge in [0.2, 0.25) is 0 Å². The fourth-order valence-electron chi connectivity index (χ4n) is 10.5. The molecule has 1 saturated carbocycles. The molecule has 228 valence electrons. The van der Waals surface area contributed by atoms with Crippen molar-refractivity contribution in [2.45, 2.75) is 62.8 Å². The molecule has 0 N–H and O–H groups in total. The summed E-state index contributed by atoms with van der Waals surface area (Å²) in [5.74, 6) is 0. The molecule has 1 spiro atoms. The summed E-state index contributed by atoms with van der Waals surface area (Å²) < 4.78 is 0. The molecule has 10 rings (SSSR count). The van der Waals surface area contributed by atoms with Gasteiger partial charge >= 0.3 is 0 Å². The molecular weight excluding hydrogens is 567 g/mol. The van der Waals surface area contributed by atoms with E-state index in [9.17, 15) is 0 Å². The SMILES string of the molecule is Cc1cc(-c2ccc3c(c2)-c2ccccc2C32c3ccccc3-c3ccccc32)cc2c1N(c1ccccc1)C1(C)CCCCC21C. The van der Waals surface area contributed by atoms with E-state index in [1.807, 2.05) is 0 Å². The molecule has 1 nitrogen and oxygen atoms in total. The predicted octanol–water partition coefficient (Wildman–Crippen LogP) is 11.7. The summed E-state index contributed by atoms with van der Waals surface area (Å²) in [4.78, 5) is 2.71. The van der Waals surface area contributed by atoms with Crippen molar-refractivity contribution in [2.24, 2.45) is 0 Å². The summed E-state index contributed by atoms with van der Waals surface area (Å²) in [5.41, 5.74) is 19.2. The fourth-order valence-corrected chi connectivity index (χ4v) is 10.5. The fraction of sp³-hybridized carbons (Fsp3) is 0.217. The van der Waals surface area contributed by atoms with Gasteiger partial charge in [-0.3, -0.25) is 0 Å². The highest BCUT2D eigenvalue weighted by Gasteiger charge is 2.58. The number of hydrogen-bond acceptors (Lipinski definition) is 1. The Morgan fingerprint density at radius 1 is 0.489 bits per heavy atom. The zero-order chi connectivity index (χ0) is 31.5. The highest BCUT2D eigenvalue weighted by atomic mass is 15.3. The molecule has 1 fully saturated rings. The van der Waals surface area contributed by atoms with Gasteiger partial charge in [0, 0.05) is 16.8 Å². The van der Waals surface area contributed by atoms with Crippen molar-refractivity contribution < 1.29 is 0 Å². The van der Waals surface area contributed by atoms with Gasteiger partial charge < -0.3 is 4.90 Å². The van der Waals surface area contributed by atoms with Gasteiger partial charge in [-0.1, -0.05) is 123 Å². The van der Waals surface area contributed by atoms with Crippen LogP contribution in [-0.2, 0) is 10.8 Å². The van der Waals surface area contributed by atoms with Crippen molar-refractivity contribution in [3.05, 3.63) is 167 Å². The maximum Gasteiger partial charge on any atom is 0.0725 e. The zero-order valence-electron chi connectivity index (χ0n) is 27.5. The van der Waals surface area contributed by atoms with Crippen LogP contribution in [0.2, 0.25) is 0 Å². The predicted molar refractivity (Wildman–Crippen MR) is 196 cm³/mol. The summed E-state index contributed by atoms with van der Waals surface area (Å²) in [6, 6.07) is 50.8. The van der Waals surface area contributed by atoms with Gasteiger partial charge in [-0.2, -0.15) is 0 Å². The first-order chi connectivity index (χ1) is 23.0. The Morgan fingerprint density at radius 3 is 1.70 bits per heavy atom. The number of hydrogen-bond donors (Lipinski definition) is 0. The van der Waals surface area contributed by atoms with Crippen molar-refractivity contribution in [3.63, 3.8) is 0 Å². The largest absolute Gasteiger partial charge is 0.334 e. The normalized spacial score (nSPS) is 22.3. The highest BCUT2D eigenvalue weighted by Crippen LogP contribution is 2.64. The van der Waals surface area contributed by atoms with Gasteiger partial charge in [0.15, 0.2) is 0 Å². The topological polar surface area (TPSA) is 3.24 Å². The van der Waals surface area contributed by atoms with E-state index in [4.69, 9.17) is 0 Å². The lowest BCUT2D eigenvalue weighted by molar-refractivity contribution is 0.195. The Labute approximate surface area is 278 Å². The molecule has 0 bridgehead atoms. The second-order valence-corrected chi connectivity index (χ2v) is 14.8. The number of anilines is 2. The third-order valence-corrected chi connectivity index (χ3v) is 12.7. The second kappa shape index (κ2) is 9.35. The molecular formula is C46H39N. The molecule has 0 saturated heterocycles.